The van der Waals surface area contributed by atoms with Crippen molar-refractivity contribution in [2.75, 3.05) is 19.8 Å². The van der Waals surface area contributed by atoms with Gasteiger partial charge in [-0.05, 0) is 12.5 Å². The van der Waals surface area contributed by atoms with Gasteiger partial charge in [0.15, 0.2) is 5.82 Å². The van der Waals surface area contributed by atoms with Crippen LogP contribution in [0, 0.1) is 11.7 Å². The van der Waals surface area contributed by atoms with Gasteiger partial charge in [0.2, 0.25) is 0 Å². The molecule has 0 aromatic carbocycles. The molecule has 2 heterocycles. The number of hydrogen-bond acceptors (Lipinski definition) is 4. The number of rotatable bonds is 3. The van der Waals surface area contributed by atoms with Crippen molar-refractivity contribution in [3.05, 3.63) is 29.8 Å². The van der Waals surface area contributed by atoms with Crippen molar-refractivity contribution in [1.82, 2.24) is 4.98 Å². The van der Waals surface area contributed by atoms with Gasteiger partial charge < -0.3 is 9.47 Å². The maximum atomic E-state index is 13.2. The van der Waals surface area contributed by atoms with Crippen LogP contribution in [0.25, 0.3) is 0 Å². The second kappa shape index (κ2) is 5.03. The maximum Gasteiger partial charge on any atom is 0.341 e. The number of halogens is 1. The number of nitrogens with zero attached hydrogens (tertiary/aromatic N) is 1. The van der Waals surface area contributed by atoms with E-state index in [0.29, 0.717) is 13.2 Å². The number of pyridine rings is 1. The normalized spacial score (nSPS) is 19.7. The van der Waals surface area contributed by atoms with Crippen LogP contribution in [0.3, 0.4) is 0 Å². The van der Waals surface area contributed by atoms with Crippen molar-refractivity contribution < 1.29 is 18.7 Å². The van der Waals surface area contributed by atoms with Crippen LogP contribution in [0.4, 0.5) is 4.39 Å². The van der Waals surface area contributed by atoms with E-state index in [0.717, 1.165) is 12.6 Å². The first kappa shape index (κ1) is 11.0. The molecule has 1 aliphatic heterocycles. The Kier molecular flexibility index (Phi) is 3.46. The molecule has 1 aromatic rings. The van der Waals surface area contributed by atoms with Gasteiger partial charge in [-0.2, -0.15) is 0 Å². The number of aromatic nitrogens is 1. The summed E-state index contributed by atoms with van der Waals surface area (Å²) >= 11 is 0. The number of ether oxygens (including phenoxy) is 2. The van der Waals surface area contributed by atoms with E-state index in [1.807, 2.05) is 0 Å². The number of carbonyl (C=O) groups excluding carboxylic acids is 1. The molecule has 0 N–H and O–H groups in total. The van der Waals surface area contributed by atoms with Gasteiger partial charge in [0.05, 0.1) is 25.0 Å². The van der Waals surface area contributed by atoms with Gasteiger partial charge >= 0.3 is 5.97 Å². The van der Waals surface area contributed by atoms with E-state index in [1.54, 1.807) is 0 Å². The summed E-state index contributed by atoms with van der Waals surface area (Å²) in [5.41, 5.74) is -0.0751. The largest absolute Gasteiger partial charge is 0.462 e. The van der Waals surface area contributed by atoms with Gasteiger partial charge in [0.25, 0.3) is 0 Å². The van der Waals surface area contributed by atoms with Crippen LogP contribution in [-0.4, -0.2) is 30.8 Å². The van der Waals surface area contributed by atoms with E-state index in [-0.39, 0.29) is 18.1 Å². The van der Waals surface area contributed by atoms with Crippen LogP contribution in [0.2, 0.25) is 0 Å². The summed E-state index contributed by atoms with van der Waals surface area (Å²) in [5, 5.41) is 0. The monoisotopic (exact) mass is 225 g/mol. The molecule has 2 rings (SSSR count). The van der Waals surface area contributed by atoms with Crippen molar-refractivity contribution >= 4 is 5.97 Å². The molecule has 16 heavy (non-hydrogen) atoms. The van der Waals surface area contributed by atoms with Crippen LogP contribution in [0.1, 0.15) is 16.8 Å². The molecule has 5 heteroatoms. The van der Waals surface area contributed by atoms with Crippen LogP contribution >= 0.6 is 0 Å². The molecule has 0 saturated carbocycles. The fraction of sp³-hybridized carbons (Fsp3) is 0.455. The predicted molar refractivity (Wildman–Crippen MR) is 53.4 cm³/mol. The summed E-state index contributed by atoms with van der Waals surface area (Å²) in [4.78, 5) is 15.1. The fourth-order valence-electron chi connectivity index (χ4n) is 1.53. The maximum absolute atomic E-state index is 13.2. The Hall–Kier alpha value is -1.49. The molecular weight excluding hydrogens is 213 g/mol. The molecule has 1 fully saturated rings. The van der Waals surface area contributed by atoms with Gasteiger partial charge in [0, 0.05) is 18.7 Å². The minimum absolute atomic E-state index is 0.0751. The summed E-state index contributed by atoms with van der Waals surface area (Å²) in [5.74, 6) is -1.07. The van der Waals surface area contributed by atoms with E-state index in [4.69, 9.17) is 9.47 Å². The van der Waals surface area contributed by atoms with Gasteiger partial charge in [-0.15, -0.1) is 0 Å². The second-order valence-electron chi connectivity index (χ2n) is 3.68. The highest BCUT2D eigenvalue weighted by Gasteiger charge is 2.19. The van der Waals surface area contributed by atoms with Gasteiger partial charge in [-0.1, -0.05) is 0 Å². The SMILES string of the molecule is O=C(OCC1CCOC1)c1ccncc1F. The first-order valence-electron chi connectivity index (χ1n) is 5.12. The van der Waals surface area contributed by atoms with Gasteiger partial charge in [-0.25, -0.2) is 9.18 Å². The zero-order chi connectivity index (χ0) is 11.4. The lowest BCUT2D eigenvalue weighted by Crippen LogP contribution is -2.15. The molecule has 0 bridgehead atoms. The third kappa shape index (κ3) is 2.55. The lowest BCUT2D eigenvalue weighted by atomic mass is 10.1. The molecule has 1 aromatic heterocycles. The van der Waals surface area contributed by atoms with Crippen molar-refractivity contribution in [1.29, 1.82) is 0 Å². The molecule has 0 spiro atoms. The van der Waals surface area contributed by atoms with Crippen LogP contribution in [0.5, 0.6) is 0 Å². The Balaban J connectivity index is 1.90. The number of carbonyl (C=O) groups is 1. The zero-order valence-electron chi connectivity index (χ0n) is 8.69. The quantitative estimate of drug-likeness (QED) is 0.730. The summed E-state index contributed by atoms with van der Waals surface area (Å²) < 4.78 is 23.3. The Morgan fingerprint density at radius 2 is 2.56 bits per heavy atom. The van der Waals surface area contributed by atoms with Crippen molar-refractivity contribution in [2.24, 2.45) is 5.92 Å². The second-order valence-corrected chi connectivity index (χ2v) is 3.68. The van der Waals surface area contributed by atoms with E-state index >= 15 is 0 Å². The van der Waals surface area contributed by atoms with Crippen LogP contribution < -0.4 is 0 Å². The summed E-state index contributed by atoms with van der Waals surface area (Å²) in [6, 6.07) is 1.31. The minimum atomic E-state index is -0.657. The zero-order valence-corrected chi connectivity index (χ0v) is 8.69. The highest BCUT2D eigenvalue weighted by atomic mass is 19.1. The first-order chi connectivity index (χ1) is 7.77. The standard InChI is InChI=1S/C11H12FNO3/c12-10-5-13-3-1-9(10)11(14)16-7-8-2-4-15-6-8/h1,3,5,8H,2,4,6-7H2. The van der Waals surface area contributed by atoms with Crippen molar-refractivity contribution in [3.8, 4) is 0 Å². The van der Waals surface area contributed by atoms with Crippen LogP contribution in [-0.2, 0) is 9.47 Å². The van der Waals surface area contributed by atoms with Gasteiger partial charge in [0.1, 0.15) is 0 Å². The van der Waals surface area contributed by atoms with Crippen molar-refractivity contribution in [2.45, 2.75) is 6.42 Å². The molecule has 1 atom stereocenters. The molecule has 1 saturated heterocycles. The molecule has 4 nitrogen and oxygen atoms in total. The molecule has 0 radical (unpaired) electrons. The lowest BCUT2D eigenvalue weighted by Gasteiger charge is -2.08. The Morgan fingerprint density at radius 3 is 3.25 bits per heavy atom. The molecule has 86 valence electrons. The predicted octanol–water partition coefficient (Wildman–Crippen LogP) is 1.41. The Morgan fingerprint density at radius 1 is 1.69 bits per heavy atom. The Bertz CT molecular complexity index is 377. The molecule has 1 aliphatic rings. The number of esters is 1. The summed E-state index contributed by atoms with van der Waals surface area (Å²) in [6.45, 7) is 1.58. The van der Waals surface area contributed by atoms with E-state index in [1.165, 1.54) is 12.3 Å². The first-order valence-corrected chi connectivity index (χ1v) is 5.12. The average Bonchev–Trinajstić information content (AvgIpc) is 2.79. The van der Waals surface area contributed by atoms with Crippen LogP contribution in [0.15, 0.2) is 18.5 Å². The number of hydrogen-bond donors (Lipinski definition) is 0. The third-order valence-corrected chi connectivity index (χ3v) is 2.47. The summed E-state index contributed by atoms with van der Waals surface area (Å²) in [6.07, 6.45) is 3.24. The molecule has 0 aliphatic carbocycles. The lowest BCUT2D eigenvalue weighted by molar-refractivity contribution is 0.0423. The Labute approximate surface area is 92.4 Å². The molecular formula is C11H12FNO3. The van der Waals surface area contributed by atoms with E-state index < -0.39 is 11.8 Å². The minimum Gasteiger partial charge on any atom is -0.462 e. The molecule has 1 unspecified atom stereocenters. The highest BCUT2D eigenvalue weighted by Crippen LogP contribution is 2.14. The smallest absolute Gasteiger partial charge is 0.341 e. The van der Waals surface area contributed by atoms with E-state index in [9.17, 15) is 9.18 Å². The van der Waals surface area contributed by atoms with Crippen molar-refractivity contribution in [3.63, 3.8) is 0 Å². The third-order valence-electron chi connectivity index (χ3n) is 2.47. The van der Waals surface area contributed by atoms with E-state index in [2.05, 4.69) is 4.98 Å². The fourth-order valence-corrected chi connectivity index (χ4v) is 1.53. The summed E-state index contributed by atoms with van der Waals surface area (Å²) in [7, 11) is 0. The molecule has 0 amide bonds. The van der Waals surface area contributed by atoms with Gasteiger partial charge in [-0.3, -0.25) is 4.98 Å². The highest BCUT2D eigenvalue weighted by molar-refractivity contribution is 5.89. The topological polar surface area (TPSA) is 48.4 Å². The average molecular weight is 225 g/mol.